The molecule has 0 radical (unpaired) electrons. The molecule has 0 aliphatic heterocycles. The molecule has 0 aromatic heterocycles. The number of amides is 3. The number of hydrogen-bond acceptors (Lipinski definition) is 3. The van der Waals surface area contributed by atoms with E-state index in [0.717, 1.165) is 19.3 Å². The van der Waals surface area contributed by atoms with Gasteiger partial charge in [-0.1, -0.05) is 45.2 Å². The van der Waals surface area contributed by atoms with Crippen LogP contribution in [-0.4, -0.2) is 31.1 Å². The van der Waals surface area contributed by atoms with E-state index in [-0.39, 0.29) is 11.9 Å². The molecule has 0 atom stereocenters. The zero-order valence-corrected chi connectivity index (χ0v) is 15.4. The van der Waals surface area contributed by atoms with Gasteiger partial charge in [-0.3, -0.25) is 4.79 Å². The van der Waals surface area contributed by atoms with Crippen molar-refractivity contribution in [2.24, 2.45) is 5.92 Å². The van der Waals surface area contributed by atoms with Gasteiger partial charge in [-0.25, -0.2) is 4.79 Å². The Hall–Kier alpha value is -2.24. The first-order chi connectivity index (χ1) is 12.0. The molecule has 2 rings (SSSR count). The van der Waals surface area contributed by atoms with Gasteiger partial charge in [0.2, 0.25) is 5.91 Å². The fourth-order valence-electron chi connectivity index (χ4n) is 3.13. The SMILES string of the molecule is CNC(=O)C1(NC(=O)Nc2ccccc2OCC(C)C)CCCCC1. The molecule has 0 saturated heterocycles. The van der Waals surface area contributed by atoms with E-state index in [0.29, 0.717) is 36.8 Å². The maximum Gasteiger partial charge on any atom is 0.320 e. The van der Waals surface area contributed by atoms with Gasteiger partial charge in [-0.2, -0.15) is 0 Å². The van der Waals surface area contributed by atoms with E-state index in [2.05, 4.69) is 29.8 Å². The molecular weight excluding hydrogens is 318 g/mol. The molecule has 25 heavy (non-hydrogen) atoms. The highest BCUT2D eigenvalue weighted by molar-refractivity contribution is 5.96. The third kappa shape index (κ3) is 5.11. The van der Waals surface area contributed by atoms with Crippen molar-refractivity contribution in [1.29, 1.82) is 0 Å². The highest BCUT2D eigenvalue weighted by Gasteiger charge is 2.40. The van der Waals surface area contributed by atoms with Crippen LogP contribution >= 0.6 is 0 Å². The van der Waals surface area contributed by atoms with Crippen LogP contribution in [0.5, 0.6) is 5.75 Å². The second-order valence-electron chi connectivity index (χ2n) is 7.00. The van der Waals surface area contributed by atoms with Crippen LogP contribution in [0.2, 0.25) is 0 Å². The standard InChI is InChI=1S/C19H29N3O3/c1-14(2)13-25-16-10-6-5-9-15(16)21-18(24)22-19(17(23)20-3)11-7-4-8-12-19/h5-6,9-10,14H,4,7-8,11-13H2,1-3H3,(H,20,23)(H2,21,22,24). The number of rotatable bonds is 6. The molecule has 3 N–H and O–H groups in total. The highest BCUT2D eigenvalue weighted by atomic mass is 16.5. The predicted octanol–water partition coefficient (Wildman–Crippen LogP) is 3.29. The summed E-state index contributed by atoms with van der Waals surface area (Å²) < 4.78 is 5.76. The summed E-state index contributed by atoms with van der Waals surface area (Å²) in [5, 5.41) is 8.42. The third-order valence-electron chi connectivity index (χ3n) is 4.43. The molecule has 138 valence electrons. The first-order valence-electron chi connectivity index (χ1n) is 9.00. The maximum atomic E-state index is 12.5. The van der Waals surface area contributed by atoms with Crippen LogP contribution in [0.15, 0.2) is 24.3 Å². The monoisotopic (exact) mass is 347 g/mol. The Bertz CT molecular complexity index is 595. The first-order valence-corrected chi connectivity index (χ1v) is 9.00. The predicted molar refractivity (Wildman–Crippen MR) is 98.8 cm³/mol. The van der Waals surface area contributed by atoms with Crippen molar-refractivity contribution in [2.75, 3.05) is 19.0 Å². The van der Waals surface area contributed by atoms with Crippen molar-refractivity contribution >= 4 is 17.6 Å². The highest BCUT2D eigenvalue weighted by Crippen LogP contribution is 2.29. The van der Waals surface area contributed by atoms with Gasteiger partial charge in [-0.05, 0) is 30.9 Å². The van der Waals surface area contributed by atoms with Crippen molar-refractivity contribution in [3.63, 3.8) is 0 Å². The van der Waals surface area contributed by atoms with Gasteiger partial charge < -0.3 is 20.7 Å². The van der Waals surface area contributed by atoms with Gasteiger partial charge in [0, 0.05) is 7.05 Å². The summed E-state index contributed by atoms with van der Waals surface area (Å²) in [5.74, 6) is 0.885. The molecule has 0 unspecified atom stereocenters. The molecule has 1 aromatic rings. The molecule has 1 fully saturated rings. The topological polar surface area (TPSA) is 79.5 Å². The number of ether oxygens (including phenoxy) is 1. The van der Waals surface area contributed by atoms with Crippen LogP contribution in [-0.2, 0) is 4.79 Å². The average molecular weight is 347 g/mol. The van der Waals surface area contributed by atoms with Gasteiger partial charge in [0.15, 0.2) is 0 Å². The largest absolute Gasteiger partial charge is 0.491 e. The number of likely N-dealkylation sites (N-methyl/N-ethyl adjacent to an activating group) is 1. The van der Waals surface area contributed by atoms with E-state index < -0.39 is 5.54 Å². The second-order valence-corrected chi connectivity index (χ2v) is 7.00. The number of anilines is 1. The van der Waals surface area contributed by atoms with Crippen LogP contribution in [0.1, 0.15) is 46.0 Å². The van der Waals surface area contributed by atoms with Gasteiger partial charge in [0.25, 0.3) is 0 Å². The molecule has 6 heteroatoms. The molecule has 1 aliphatic rings. The number of para-hydroxylation sites is 2. The van der Waals surface area contributed by atoms with Gasteiger partial charge >= 0.3 is 6.03 Å². The summed E-state index contributed by atoms with van der Waals surface area (Å²) in [6, 6.07) is 6.94. The lowest BCUT2D eigenvalue weighted by atomic mass is 9.81. The van der Waals surface area contributed by atoms with Gasteiger partial charge in [-0.15, -0.1) is 0 Å². The Morgan fingerprint density at radius 2 is 1.84 bits per heavy atom. The van der Waals surface area contributed by atoms with Crippen LogP contribution < -0.4 is 20.7 Å². The third-order valence-corrected chi connectivity index (χ3v) is 4.43. The molecule has 0 bridgehead atoms. The Morgan fingerprint density at radius 1 is 1.16 bits per heavy atom. The summed E-state index contributed by atoms with van der Waals surface area (Å²) in [6.07, 6.45) is 4.27. The Kier molecular flexibility index (Phi) is 6.67. The molecular formula is C19H29N3O3. The van der Waals surface area contributed by atoms with Crippen molar-refractivity contribution in [3.8, 4) is 5.75 Å². The number of nitrogens with one attached hydrogen (secondary N) is 3. The molecule has 1 aliphatic carbocycles. The summed E-state index contributed by atoms with van der Waals surface area (Å²) in [4.78, 5) is 24.9. The fourth-order valence-corrected chi connectivity index (χ4v) is 3.13. The fraction of sp³-hybridized carbons (Fsp3) is 0.579. The van der Waals surface area contributed by atoms with Crippen molar-refractivity contribution in [2.45, 2.75) is 51.5 Å². The van der Waals surface area contributed by atoms with Crippen molar-refractivity contribution < 1.29 is 14.3 Å². The smallest absolute Gasteiger partial charge is 0.320 e. The molecule has 0 spiro atoms. The van der Waals surface area contributed by atoms with E-state index in [1.807, 2.05) is 18.2 Å². The minimum atomic E-state index is -0.829. The molecule has 1 aromatic carbocycles. The van der Waals surface area contributed by atoms with E-state index in [1.54, 1.807) is 13.1 Å². The van der Waals surface area contributed by atoms with E-state index in [1.165, 1.54) is 0 Å². The lowest BCUT2D eigenvalue weighted by molar-refractivity contribution is -0.128. The van der Waals surface area contributed by atoms with Crippen molar-refractivity contribution in [3.05, 3.63) is 24.3 Å². The van der Waals surface area contributed by atoms with Gasteiger partial charge in [0.1, 0.15) is 11.3 Å². The van der Waals surface area contributed by atoms with Crippen molar-refractivity contribution in [1.82, 2.24) is 10.6 Å². The molecule has 3 amide bonds. The molecule has 0 heterocycles. The Balaban J connectivity index is 2.07. The Morgan fingerprint density at radius 3 is 2.48 bits per heavy atom. The average Bonchev–Trinajstić information content (AvgIpc) is 2.60. The quantitative estimate of drug-likeness (QED) is 0.739. The lowest BCUT2D eigenvalue weighted by Crippen LogP contribution is -2.60. The molecule has 6 nitrogen and oxygen atoms in total. The van der Waals surface area contributed by atoms with Crippen LogP contribution in [0.3, 0.4) is 0 Å². The number of urea groups is 1. The molecule has 1 saturated carbocycles. The number of carbonyl (C=O) groups is 2. The van der Waals surface area contributed by atoms with Crippen LogP contribution in [0.25, 0.3) is 0 Å². The Labute approximate surface area is 149 Å². The number of benzene rings is 1. The second kappa shape index (κ2) is 8.74. The van der Waals surface area contributed by atoms with E-state index in [4.69, 9.17) is 4.74 Å². The normalized spacial score (nSPS) is 16.2. The van der Waals surface area contributed by atoms with E-state index in [9.17, 15) is 9.59 Å². The lowest BCUT2D eigenvalue weighted by Gasteiger charge is -2.36. The first kappa shape index (κ1) is 19.1. The summed E-state index contributed by atoms with van der Waals surface area (Å²) >= 11 is 0. The van der Waals surface area contributed by atoms with Crippen LogP contribution in [0, 0.1) is 5.92 Å². The zero-order chi connectivity index (χ0) is 18.3. The maximum absolute atomic E-state index is 12.5. The minimum Gasteiger partial charge on any atom is -0.491 e. The summed E-state index contributed by atoms with van der Waals surface area (Å²) in [5.41, 5.74) is -0.228. The summed E-state index contributed by atoms with van der Waals surface area (Å²) in [7, 11) is 1.60. The van der Waals surface area contributed by atoms with Gasteiger partial charge in [0.05, 0.1) is 12.3 Å². The number of carbonyl (C=O) groups excluding carboxylic acids is 2. The number of hydrogen-bond donors (Lipinski definition) is 3. The van der Waals surface area contributed by atoms with E-state index >= 15 is 0 Å². The minimum absolute atomic E-state index is 0.133. The van der Waals surface area contributed by atoms with Crippen LogP contribution in [0.4, 0.5) is 10.5 Å². The zero-order valence-electron chi connectivity index (χ0n) is 15.4. The summed E-state index contributed by atoms with van der Waals surface area (Å²) in [6.45, 7) is 4.71.